The van der Waals surface area contributed by atoms with Crippen LogP contribution >= 0.6 is 0 Å². The monoisotopic (exact) mass is 451 g/mol. The van der Waals surface area contributed by atoms with Gasteiger partial charge >= 0.3 is 0 Å². The zero-order valence-electron chi connectivity index (χ0n) is 21.6. The molecule has 176 valence electrons. The van der Waals surface area contributed by atoms with Crippen LogP contribution in [0.4, 0.5) is 17.1 Å². The minimum atomic E-state index is 0.0521. The fourth-order valence-electron chi connectivity index (χ4n) is 4.98. The first-order valence-corrected chi connectivity index (χ1v) is 12.0. The van der Waals surface area contributed by atoms with E-state index in [0.717, 1.165) is 0 Å². The molecule has 0 saturated heterocycles. The van der Waals surface area contributed by atoms with Crippen molar-refractivity contribution in [1.82, 2.24) is 0 Å². The molecule has 4 rings (SSSR count). The van der Waals surface area contributed by atoms with Crippen LogP contribution in [0.5, 0.6) is 0 Å². The molecule has 0 aliphatic carbocycles. The van der Waals surface area contributed by atoms with E-state index >= 15 is 0 Å². The van der Waals surface area contributed by atoms with Crippen molar-refractivity contribution in [3.8, 4) is 0 Å². The second-order valence-electron chi connectivity index (χ2n) is 10.1. The number of fused-ring (bicyclic) bond motifs is 1. The maximum absolute atomic E-state index is 2.40. The van der Waals surface area contributed by atoms with Crippen molar-refractivity contribution in [2.75, 3.05) is 49.9 Å². The van der Waals surface area contributed by atoms with E-state index in [1.807, 2.05) is 0 Å². The largest absolute Gasteiger partial charge is 0.378 e. The summed E-state index contributed by atoms with van der Waals surface area (Å²) in [5, 5.41) is 0. The van der Waals surface area contributed by atoms with E-state index in [1.54, 1.807) is 0 Å². The molecule has 0 bridgehead atoms. The molecule has 0 aromatic heterocycles. The van der Waals surface area contributed by atoms with Gasteiger partial charge in [0.15, 0.2) is 0 Å². The van der Waals surface area contributed by atoms with Gasteiger partial charge in [0.2, 0.25) is 0 Å². The maximum Gasteiger partial charge on any atom is 0.0565 e. The number of nitrogens with zero attached hydrogens (tertiary/aromatic N) is 3. The number of para-hydroxylation sites is 1. The molecule has 0 amide bonds. The fraction of sp³-hybridized carbons (Fsp3) is 0.290. The van der Waals surface area contributed by atoms with Crippen LogP contribution in [0.3, 0.4) is 0 Å². The van der Waals surface area contributed by atoms with Crippen molar-refractivity contribution < 1.29 is 0 Å². The Morgan fingerprint density at radius 1 is 0.765 bits per heavy atom. The van der Waals surface area contributed by atoms with Gasteiger partial charge in [-0.05, 0) is 52.6 Å². The number of anilines is 3. The van der Waals surface area contributed by atoms with Gasteiger partial charge in [0.25, 0.3) is 0 Å². The number of benzene rings is 3. The molecule has 0 spiro atoms. The van der Waals surface area contributed by atoms with E-state index in [4.69, 9.17) is 0 Å². The highest BCUT2D eigenvalue weighted by Gasteiger charge is 2.41. The number of hydrogen-bond donors (Lipinski definition) is 0. The van der Waals surface area contributed by atoms with E-state index < -0.39 is 0 Å². The molecule has 1 aliphatic rings. The van der Waals surface area contributed by atoms with Crippen molar-refractivity contribution in [2.45, 2.75) is 25.3 Å². The summed E-state index contributed by atoms with van der Waals surface area (Å²) < 4.78 is 0. The molecule has 3 aromatic carbocycles. The molecule has 1 atom stereocenters. The van der Waals surface area contributed by atoms with Crippen LogP contribution in [0.2, 0.25) is 0 Å². The molecule has 1 heterocycles. The average molecular weight is 452 g/mol. The standard InChI is InChI=1S/C31H37N3/c1-31(2)28-12-8-9-13-29(28)34(7)30(31)14-10-11-27(23-15-19-25(20-16-23)32(3)4)24-17-21-26(22-18-24)33(5)6/h8-22,30H,1-7H3. The normalized spacial score (nSPS) is 16.4. The lowest BCUT2D eigenvalue weighted by atomic mass is 9.80. The van der Waals surface area contributed by atoms with Crippen LogP contribution in [0.25, 0.3) is 5.57 Å². The van der Waals surface area contributed by atoms with Crippen LogP contribution < -0.4 is 14.7 Å². The SMILES string of the molecule is CN(C)c1ccc(C(=CC=CC2N(C)c3ccccc3C2(C)C)c2ccc(N(C)C)cc2)cc1. The predicted molar refractivity (Wildman–Crippen MR) is 149 cm³/mol. The molecule has 0 N–H and O–H groups in total. The van der Waals surface area contributed by atoms with Crippen molar-refractivity contribution in [3.05, 3.63) is 108 Å². The van der Waals surface area contributed by atoms with Gasteiger partial charge in [-0.2, -0.15) is 0 Å². The van der Waals surface area contributed by atoms with Crippen LogP contribution in [-0.4, -0.2) is 41.3 Å². The Balaban J connectivity index is 1.70. The first-order valence-electron chi connectivity index (χ1n) is 12.0. The van der Waals surface area contributed by atoms with Crippen LogP contribution in [-0.2, 0) is 5.41 Å². The van der Waals surface area contributed by atoms with Gasteiger partial charge in [-0.25, -0.2) is 0 Å². The fourth-order valence-corrected chi connectivity index (χ4v) is 4.98. The summed E-state index contributed by atoms with van der Waals surface area (Å²) in [7, 11) is 10.5. The van der Waals surface area contributed by atoms with Crippen molar-refractivity contribution in [1.29, 1.82) is 0 Å². The number of hydrogen-bond acceptors (Lipinski definition) is 3. The van der Waals surface area contributed by atoms with Gasteiger partial charge in [-0.3, -0.25) is 0 Å². The third kappa shape index (κ3) is 4.48. The van der Waals surface area contributed by atoms with Crippen molar-refractivity contribution in [3.63, 3.8) is 0 Å². The molecular formula is C31H37N3. The second-order valence-corrected chi connectivity index (χ2v) is 10.1. The minimum absolute atomic E-state index is 0.0521. The van der Waals surface area contributed by atoms with Crippen LogP contribution in [0.15, 0.2) is 91.0 Å². The number of allylic oxidation sites excluding steroid dienone is 2. The number of rotatable bonds is 6. The highest BCUT2D eigenvalue weighted by atomic mass is 15.2. The summed E-state index contributed by atoms with van der Waals surface area (Å²) in [6.07, 6.45) is 6.86. The molecule has 1 unspecified atom stereocenters. The predicted octanol–water partition coefficient (Wildman–Crippen LogP) is 6.60. The van der Waals surface area contributed by atoms with Gasteiger partial charge < -0.3 is 14.7 Å². The quantitative estimate of drug-likeness (QED) is 0.391. The lowest BCUT2D eigenvalue weighted by Gasteiger charge is -2.29. The third-order valence-electron chi connectivity index (χ3n) is 7.08. The highest BCUT2D eigenvalue weighted by Crippen LogP contribution is 2.44. The Morgan fingerprint density at radius 2 is 1.26 bits per heavy atom. The molecule has 0 fully saturated rings. The van der Waals surface area contributed by atoms with Gasteiger partial charge in [-0.1, -0.05) is 74.5 Å². The van der Waals surface area contributed by atoms with Gasteiger partial charge in [-0.15, -0.1) is 0 Å². The van der Waals surface area contributed by atoms with E-state index in [-0.39, 0.29) is 5.41 Å². The van der Waals surface area contributed by atoms with Gasteiger partial charge in [0.05, 0.1) is 6.04 Å². The van der Waals surface area contributed by atoms with E-state index in [9.17, 15) is 0 Å². The molecule has 0 saturated carbocycles. The van der Waals surface area contributed by atoms with Crippen LogP contribution in [0, 0.1) is 0 Å². The van der Waals surface area contributed by atoms with Gasteiger partial charge in [0.1, 0.15) is 0 Å². The zero-order valence-corrected chi connectivity index (χ0v) is 21.6. The summed E-state index contributed by atoms with van der Waals surface area (Å²) in [6, 6.07) is 26.7. The molecule has 3 aromatic rings. The Bertz CT molecular complexity index is 1130. The second kappa shape index (κ2) is 9.42. The molecule has 3 heteroatoms. The first kappa shape index (κ1) is 23.7. The summed E-state index contributed by atoms with van der Waals surface area (Å²) in [6.45, 7) is 4.68. The van der Waals surface area contributed by atoms with E-state index in [2.05, 4.69) is 155 Å². The lowest BCUT2D eigenvalue weighted by Crippen LogP contribution is -2.37. The summed E-state index contributed by atoms with van der Waals surface area (Å²) in [5.74, 6) is 0. The summed E-state index contributed by atoms with van der Waals surface area (Å²) in [5.41, 5.74) is 8.85. The van der Waals surface area contributed by atoms with E-state index in [1.165, 1.54) is 39.3 Å². The maximum atomic E-state index is 2.40. The zero-order chi connectivity index (χ0) is 24.5. The third-order valence-corrected chi connectivity index (χ3v) is 7.08. The molecule has 34 heavy (non-hydrogen) atoms. The van der Waals surface area contributed by atoms with E-state index in [0.29, 0.717) is 6.04 Å². The molecule has 0 radical (unpaired) electrons. The number of likely N-dealkylation sites (N-methyl/N-ethyl adjacent to an activating group) is 1. The van der Waals surface area contributed by atoms with Gasteiger partial charge in [0, 0.05) is 57.7 Å². The Morgan fingerprint density at radius 3 is 1.74 bits per heavy atom. The topological polar surface area (TPSA) is 9.72 Å². The lowest BCUT2D eigenvalue weighted by molar-refractivity contribution is 0.488. The van der Waals surface area contributed by atoms with Crippen molar-refractivity contribution >= 4 is 22.6 Å². The average Bonchev–Trinajstić information content (AvgIpc) is 3.02. The Hall–Kier alpha value is -3.46. The summed E-state index contributed by atoms with van der Waals surface area (Å²) in [4.78, 5) is 6.67. The van der Waals surface area contributed by atoms with Crippen LogP contribution in [0.1, 0.15) is 30.5 Å². The summed E-state index contributed by atoms with van der Waals surface area (Å²) >= 11 is 0. The first-order chi connectivity index (χ1) is 16.2. The molecule has 3 nitrogen and oxygen atoms in total. The molecule has 1 aliphatic heterocycles. The smallest absolute Gasteiger partial charge is 0.0565 e. The van der Waals surface area contributed by atoms with Crippen molar-refractivity contribution in [2.24, 2.45) is 0 Å². The Labute approximate surface area is 205 Å². The highest BCUT2D eigenvalue weighted by molar-refractivity contribution is 5.82. The Kier molecular flexibility index (Phi) is 6.56. The minimum Gasteiger partial charge on any atom is -0.378 e. The molecular weight excluding hydrogens is 414 g/mol.